The highest BCUT2D eigenvalue weighted by Crippen LogP contribution is 2.23. The van der Waals surface area contributed by atoms with Gasteiger partial charge in [0.15, 0.2) is 5.06 Å². The second-order valence-corrected chi connectivity index (χ2v) is 6.30. The minimum absolute atomic E-state index is 0.201. The first-order valence-corrected chi connectivity index (χ1v) is 7.23. The van der Waals surface area contributed by atoms with Gasteiger partial charge in [-0.05, 0) is 19.1 Å². The van der Waals surface area contributed by atoms with Crippen LogP contribution in [0.4, 0.5) is 0 Å². The van der Waals surface area contributed by atoms with E-state index in [1.807, 2.05) is 19.1 Å². The fourth-order valence-electron chi connectivity index (χ4n) is 1.08. The van der Waals surface area contributed by atoms with Crippen LogP contribution in [-0.2, 0) is 17.3 Å². The van der Waals surface area contributed by atoms with Crippen molar-refractivity contribution >= 4 is 22.1 Å². The van der Waals surface area contributed by atoms with Crippen molar-refractivity contribution < 1.29 is 8.95 Å². The molecule has 0 spiro atoms. The summed E-state index contributed by atoms with van der Waals surface area (Å²) in [4.78, 5) is 1.24. The van der Waals surface area contributed by atoms with E-state index in [2.05, 4.69) is 5.32 Å². The highest BCUT2D eigenvalue weighted by atomic mass is 32.2. The van der Waals surface area contributed by atoms with Gasteiger partial charge in [-0.2, -0.15) is 0 Å². The van der Waals surface area contributed by atoms with Crippen LogP contribution in [0.3, 0.4) is 0 Å². The first-order chi connectivity index (χ1) is 7.13. The molecule has 0 fully saturated rings. The van der Waals surface area contributed by atoms with Crippen LogP contribution in [-0.4, -0.2) is 29.4 Å². The minimum Gasteiger partial charge on any atom is -0.487 e. The molecule has 5 heteroatoms. The zero-order chi connectivity index (χ0) is 11.3. The maximum absolute atomic E-state index is 11.1. The minimum atomic E-state index is -0.748. The first kappa shape index (κ1) is 12.7. The van der Waals surface area contributed by atoms with Crippen LogP contribution in [0, 0.1) is 0 Å². The number of nitrogens with one attached hydrogen (secondary N) is 1. The molecular weight excluding hydrogens is 230 g/mol. The topological polar surface area (TPSA) is 38.3 Å². The van der Waals surface area contributed by atoms with E-state index in [4.69, 9.17) is 4.74 Å². The van der Waals surface area contributed by atoms with Gasteiger partial charge in [0.25, 0.3) is 0 Å². The quantitative estimate of drug-likeness (QED) is 0.830. The lowest BCUT2D eigenvalue weighted by molar-refractivity contribution is 0.427. The van der Waals surface area contributed by atoms with E-state index in [-0.39, 0.29) is 5.25 Å². The lowest BCUT2D eigenvalue weighted by Gasteiger charge is -2.08. The van der Waals surface area contributed by atoms with Crippen molar-refractivity contribution in [3.8, 4) is 5.06 Å². The van der Waals surface area contributed by atoms with Crippen LogP contribution in [0.15, 0.2) is 12.1 Å². The van der Waals surface area contributed by atoms with Crippen molar-refractivity contribution in [2.75, 3.05) is 19.9 Å². The van der Waals surface area contributed by atoms with E-state index in [9.17, 15) is 4.21 Å². The summed E-state index contributed by atoms with van der Waals surface area (Å²) in [6, 6.07) is 4.01. The summed E-state index contributed by atoms with van der Waals surface area (Å²) in [5, 5.41) is 4.41. The predicted octanol–water partition coefficient (Wildman–Crippen LogP) is 1.61. The lowest BCUT2D eigenvalue weighted by Crippen LogP contribution is -2.26. The molecule has 0 aliphatic heterocycles. The highest BCUT2D eigenvalue weighted by Gasteiger charge is 2.05. The van der Waals surface area contributed by atoms with Crippen LogP contribution < -0.4 is 10.1 Å². The Labute approximate surface area is 97.3 Å². The monoisotopic (exact) mass is 247 g/mol. The van der Waals surface area contributed by atoms with Crippen molar-refractivity contribution in [1.29, 1.82) is 0 Å². The van der Waals surface area contributed by atoms with Crippen LogP contribution in [0.1, 0.15) is 11.8 Å². The molecule has 0 saturated heterocycles. The SMILES string of the molecule is COc1ccc(CNCC(C)S(C)=O)s1. The fraction of sp³-hybridized carbons (Fsp3) is 0.600. The molecule has 0 aliphatic rings. The summed E-state index contributed by atoms with van der Waals surface area (Å²) in [6.45, 7) is 3.58. The van der Waals surface area contributed by atoms with Gasteiger partial charge in [0.1, 0.15) is 0 Å². The summed E-state index contributed by atoms with van der Waals surface area (Å²) >= 11 is 1.63. The Morgan fingerprint density at radius 2 is 2.33 bits per heavy atom. The van der Waals surface area contributed by atoms with Gasteiger partial charge in [0, 0.05) is 40.3 Å². The molecule has 0 aromatic carbocycles. The largest absolute Gasteiger partial charge is 0.487 e. The Hall–Kier alpha value is -0.390. The van der Waals surface area contributed by atoms with E-state index in [0.29, 0.717) is 0 Å². The highest BCUT2D eigenvalue weighted by molar-refractivity contribution is 7.84. The lowest BCUT2D eigenvalue weighted by atomic mass is 10.4. The average Bonchev–Trinajstić information content (AvgIpc) is 2.65. The third-order valence-corrected chi connectivity index (χ3v) is 4.48. The predicted molar refractivity (Wildman–Crippen MR) is 66.1 cm³/mol. The molecule has 1 heterocycles. The number of methoxy groups -OCH3 is 1. The van der Waals surface area contributed by atoms with E-state index >= 15 is 0 Å². The second-order valence-electron chi connectivity index (χ2n) is 3.36. The van der Waals surface area contributed by atoms with Crippen molar-refractivity contribution in [2.24, 2.45) is 0 Å². The van der Waals surface area contributed by atoms with Gasteiger partial charge in [-0.1, -0.05) is 0 Å². The first-order valence-electron chi connectivity index (χ1n) is 4.79. The number of hydrogen-bond donors (Lipinski definition) is 1. The Morgan fingerprint density at radius 3 is 2.87 bits per heavy atom. The van der Waals surface area contributed by atoms with Gasteiger partial charge < -0.3 is 10.1 Å². The van der Waals surface area contributed by atoms with Gasteiger partial charge in [0.05, 0.1) is 7.11 Å². The smallest absolute Gasteiger partial charge is 0.173 e. The Balaban J connectivity index is 2.28. The normalized spacial score (nSPS) is 14.9. The zero-order valence-corrected chi connectivity index (χ0v) is 10.9. The number of hydrogen-bond acceptors (Lipinski definition) is 4. The molecule has 1 N–H and O–H groups in total. The van der Waals surface area contributed by atoms with Gasteiger partial charge in [-0.3, -0.25) is 4.21 Å². The van der Waals surface area contributed by atoms with Gasteiger partial charge >= 0.3 is 0 Å². The van der Waals surface area contributed by atoms with E-state index in [1.54, 1.807) is 24.7 Å². The summed E-state index contributed by atoms with van der Waals surface area (Å²) in [5.74, 6) is 0. The number of rotatable bonds is 6. The maximum Gasteiger partial charge on any atom is 0.173 e. The molecule has 3 nitrogen and oxygen atoms in total. The van der Waals surface area contributed by atoms with Crippen LogP contribution in [0.2, 0.25) is 0 Å². The van der Waals surface area contributed by atoms with Gasteiger partial charge in [-0.15, -0.1) is 11.3 Å². The molecule has 0 bridgehead atoms. The molecule has 0 saturated carbocycles. The molecule has 0 radical (unpaired) electrons. The maximum atomic E-state index is 11.1. The molecule has 1 aromatic heterocycles. The molecule has 1 aromatic rings. The molecule has 2 unspecified atom stereocenters. The number of thiophene rings is 1. The summed E-state index contributed by atoms with van der Waals surface area (Å²) < 4.78 is 16.2. The van der Waals surface area contributed by atoms with Crippen LogP contribution in [0.5, 0.6) is 5.06 Å². The Morgan fingerprint density at radius 1 is 1.60 bits per heavy atom. The number of ether oxygens (including phenoxy) is 1. The average molecular weight is 247 g/mol. The van der Waals surface area contributed by atoms with Crippen molar-refractivity contribution in [3.05, 3.63) is 17.0 Å². The molecular formula is C10H17NO2S2. The van der Waals surface area contributed by atoms with E-state index in [1.165, 1.54) is 4.88 Å². The molecule has 1 rings (SSSR count). The summed E-state index contributed by atoms with van der Waals surface area (Å²) in [7, 11) is 0.924. The van der Waals surface area contributed by atoms with Gasteiger partial charge in [0.2, 0.25) is 0 Å². The van der Waals surface area contributed by atoms with Crippen molar-refractivity contribution in [2.45, 2.75) is 18.7 Å². The molecule has 0 aliphatic carbocycles. The molecule has 2 atom stereocenters. The second kappa shape index (κ2) is 6.25. The van der Waals surface area contributed by atoms with E-state index in [0.717, 1.165) is 18.2 Å². The standard InChI is InChI=1S/C10H17NO2S2/c1-8(15(3)12)6-11-7-9-4-5-10(13-2)14-9/h4-5,8,11H,6-7H2,1-3H3. The Kier molecular flexibility index (Phi) is 5.28. The third-order valence-electron chi connectivity index (χ3n) is 2.14. The fourth-order valence-corrected chi connectivity index (χ4v) is 2.22. The van der Waals surface area contributed by atoms with E-state index < -0.39 is 10.8 Å². The third kappa shape index (κ3) is 4.32. The van der Waals surface area contributed by atoms with Crippen molar-refractivity contribution in [3.63, 3.8) is 0 Å². The molecule has 86 valence electrons. The zero-order valence-electron chi connectivity index (χ0n) is 9.28. The van der Waals surface area contributed by atoms with Crippen LogP contribution >= 0.6 is 11.3 Å². The summed E-state index contributed by atoms with van der Waals surface area (Å²) in [5.41, 5.74) is 0. The molecule has 0 amide bonds. The Bertz CT molecular complexity index is 325. The van der Waals surface area contributed by atoms with Gasteiger partial charge in [-0.25, -0.2) is 0 Å². The molecule has 15 heavy (non-hydrogen) atoms. The van der Waals surface area contributed by atoms with Crippen LogP contribution in [0.25, 0.3) is 0 Å². The van der Waals surface area contributed by atoms with Crippen molar-refractivity contribution in [1.82, 2.24) is 5.32 Å². The summed E-state index contributed by atoms with van der Waals surface area (Å²) in [6.07, 6.45) is 1.74.